The van der Waals surface area contributed by atoms with Crippen molar-refractivity contribution in [1.29, 1.82) is 0 Å². The van der Waals surface area contributed by atoms with Crippen molar-refractivity contribution in [3.63, 3.8) is 0 Å². The number of rotatable bonds is 5. The van der Waals surface area contributed by atoms with E-state index in [9.17, 15) is 18.0 Å². The molecule has 0 aliphatic heterocycles. The summed E-state index contributed by atoms with van der Waals surface area (Å²) < 4.78 is 41.8. The summed E-state index contributed by atoms with van der Waals surface area (Å²) in [6, 6.07) is 3.10. The lowest BCUT2D eigenvalue weighted by Gasteiger charge is -2.10. The summed E-state index contributed by atoms with van der Waals surface area (Å²) in [4.78, 5) is 10.4. The summed E-state index contributed by atoms with van der Waals surface area (Å²) >= 11 is 0. The van der Waals surface area contributed by atoms with Gasteiger partial charge in [0.25, 0.3) is 0 Å². The van der Waals surface area contributed by atoms with E-state index in [0.717, 1.165) is 12.1 Å². The van der Waals surface area contributed by atoms with Crippen molar-refractivity contribution < 1.29 is 27.8 Å². The molecule has 0 bridgehead atoms. The van der Waals surface area contributed by atoms with E-state index in [2.05, 4.69) is 0 Å². The Morgan fingerprint density at radius 3 is 2.33 bits per heavy atom. The number of carboxylic acids is 1. The number of carboxylic acid groups (broad SMARTS) is 1. The van der Waals surface area contributed by atoms with Crippen LogP contribution in [0, 0.1) is 0 Å². The second kappa shape index (κ2) is 5.72. The lowest BCUT2D eigenvalue weighted by Crippen LogP contribution is -2.31. The van der Waals surface area contributed by atoms with Gasteiger partial charge in [0.1, 0.15) is 11.8 Å². The maximum Gasteiger partial charge on any atom is 0.416 e. The second-order valence-corrected chi connectivity index (χ2v) is 3.60. The molecule has 3 N–H and O–H groups in total. The first-order valence-electron chi connectivity index (χ1n) is 5.09. The third kappa shape index (κ3) is 4.25. The molecule has 1 aromatic rings. The third-order valence-electron chi connectivity index (χ3n) is 2.20. The monoisotopic (exact) mass is 263 g/mol. The van der Waals surface area contributed by atoms with Gasteiger partial charge in [0.2, 0.25) is 0 Å². The number of benzene rings is 1. The van der Waals surface area contributed by atoms with Crippen LogP contribution in [0.2, 0.25) is 0 Å². The Bertz CT molecular complexity index is 403. The lowest BCUT2D eigenvalue weighted by molar-refractivity contribution is -0.139. The molecule has 0 unspecified atom stereocenters. The van der Waals surface area contributed by atoms with Crippen molar-refractivity contribution in [2.24, 2.45) is 5.73 Å². The molecule has 0 aliphatic carbocycles. The molecule has 0 amide bonds. The molecule has 0 heterocycles. The van der Waals surface area contributed by atoms with Crippen LogP contribution in [0.1, 0.15) is 12.0 Å². The zero-order chi connectivity index (χ0) is 13.8. The first-order chi connectivity index (χ1) is 8.30. The third-order valence-corrected chi connectivity index (χ3v) is 2.20. The predicted molar refractivity (Wildman–Crippen MR) is 57.2 cm³/mol. The van der Waals surface area contributed by atoms with Gasteiger partial charge in [-0.25, -0.2) is 0 Å². The molecular weight excluding hydrogens is 251 g/mol. The number of alkyl halides is 3. The number of ether oxygens (including phenoxy) is 1. The van der Waals surface area contributed by atoms with Gasteiger partial charge in [-0.1, -0.05) is 0 Å². The van der Waals surface area contributed by atoms with Crippen LogP contribution in [-0.4, -0.2) is 23.7 Å². The molecular formula is C11H12F3NO3. The summed E-state index contributed by atoms with van der Waals surface area (Å²) in [5.74, 6) is -0.911. The first kappa shape index (κ1) is 14.3. The van der Waals surface area contributed by atoms with Crippen LogP contribution in [-0.2, 0) is 11.0 Å². The molecule has 100 valence electrons. The van der Waals surface area contributed by atoms with Crippen LogP contribution in [0.25, 0.3) is 0 Å². The molecule has 0 saturated carbocycles. The van der Waals surface area contributed by atoms with Gasteiger partial charge in [0.05, 0.1) is 12.2 Å². The summed E-state index contributed by atoms with van der Waals surface area (Å²) in [5.41, 5.74) is 4.47. The Morgan fingerprint density at radius 2 is 1.89 bits per heavy atom. The zero-order valence-corrected chi connectivity index (χ0v) is 9.28. The summed E-state index contributed by atoms with van der Waals surface area (Å²) in [6.45, 7) is 0.0266. The maximum absolute atomic E-state index is 12.2. The van der Waals surface area contributed by atoms with Crippen LogP contribution in [0.5, 0.6) is 5.75 Å². The molecule has 18 heavy (non-hydrogen) atoms. The van der Waals surface area contributed by atoms with Crippen molar-refractivity contribution in [2.75, 3.05) is 6.61 Å². The van der Waals surface area contributed by atoms with Gasteiger partial charge >= 0.3 is 12.1 Å². The Balaban J connectivity index is 2.47. The molecule has 1 atom stereocenters. The molecule has 0 radical (unpaired) electrons. The van der Waals surface area contributed by atoms with Crippen LogP contribution < -0.4 is 10.5 Å². The molecule has 0 aromatic heterocycles. The molecule has 0 fully saturated rings. The number of carbonyl (C=O) groups is 1. The minimum atomic E-state index is -4.38. The second-order valence-electron chi connectivity index (χ2n) is 3.60. The van der Waals surface area contributed by atoms with Crippen molar-refractivity contribution in [3.05, 3.63) is 29.8 Å². The van der Waals surface area contributed by atoms with Gasteiger partial charge < -0.3 is 15.6 Å². The fourth-order valence-corrected chi connectivity index (χ4v) is 1.17. The van der Waals surface area contributed by atoms with Crippen molar-refractivity contribution in [2.45, 2.75) is 18.6 Å². The Morgan fingerprint density at radius 1 is 1.33 bits per heavy atom. The van der Waals surface area contributed by atoms with Gasteiger partial charge in [-0.15, -0.1) is 0 Å². The highest BCUT2D eigenvalue weighted by molar-refractivity contribution is 5.72. The predicted octanol–water partition coefficient (Wildman–Crippen LogP) is 1.89. The van der Waals surface area contributed by atoms with Gasteiger partial charge in [-0.3, -0.25) is 4.79 Å². The number of halogens is 3. The standard InChI is InChI=1S/C11H12F3NO3/c12-11(13,14)7-1-3-8(4-2-7)18-6-5-9(15)10(16)17/h1-4,9H,5-6,15H2,(H,16,17)/t9-/m0/s1. The Hall–Kier alpha value is -1.76. The minimum absolute atomic E-state index is 0.0266. The van der Waals surface area contributed by atoms with Crippen LogP contribution in [0.15, 0.2) is 24.3 Å². The largest absolute Gasteiger partial charge is 0.494 e. The fourth-order valence-electron chi connectivity index (χ4n) is 1.17. The van der Waals surface area contributed by atoms with E-state index in [0.29, 0.717) is 0 Å². The number of nitrogens with two attached hydrogens (primary N) is 1. The molecule has 0 aliphatic rings. The van der Waals surface area contributed by atoms with Gasteiger partial charge in [-0.2, -0.15) is 13.2 Å². The van der Waals surface area contributed by atoms with Gasteiger partial charge in [0.15, 0.2) is 0 Å². The van der Waals surface area contributed by atoms with Crippen LogP contribution >= 0.6 is 0 Å². The van der Waals surface area contributed by atoms with E-state index in [1.165, 1.54) is 12.1 Å². The van der Waals surface area contributed by atoms with Crippen LogP contribution in [0.3, 0.4) is 0 Å². The van der Waals surface area contributed by atoms with E-state index in [-0.39, 0.29) is 18.8 Å². The Labute approximate surface area is 101 Å². The number of hydrogen-bond acceptors (Lipinski definition) is 3. The minimum Gasteiger partial charge on any atom is -0.494 e. The van der Waals surface area contributed by atoms with Gasteiger partial charge in [0, 0.05) is 6.42 Å². The van der Waals surface area contributed by atoms with Crippen LogP contribution in [0.4, 0.5) is 13.2 Å². The SMILES string of the molecule is N[C@@H](CCOc1ccc(C(F)(F)F)cc1)C(=O)O. The Kier molecular flexibility index (Phi) is 4.55. The average molecular weight is 263 g/mol. The number of aliphatic carboxylic acids is 1. The fraction of sp³-hybridized carbons (Fsp3) is 0.364. The molecule has 0 spiro atoms. The van der Waals surface area contributed by atoms with Gasteiger partial charge in [-0.05, 0) is 24.3 Å². The highest BCUT2D eigenvalue weighted by Crippen LogP contribution is 2.30. The lowest BCUT2D eigenvalue weighted by atomic mass is 10.2. The van der Waals surface area contributed by atoms with Crippen molar-refractivity contribution >= 4 is 5.97 Å². The van der Waals surface area contributed by atoms with E-state index in [1.807, 2.05) is 0 Å². The van der Waals surface area contributed by atoms with E-state index < -0.39 is 23.8 Å². The number of hydrogen-bond donors (Lipinski definition) is 2. The summed E-state index contributed by atoms with van der Waals surface area (Å²) in [6.07, 6.45) is -4.31. The van der Waals surface area contributed by atoms with Crippen molar-refractivity contribution in [1.82, 2.24) is 0 Å². The molecule has 1 rings (SSSR count). The summed E-state index contributed by atoms with van der Waals surface area (Å²) in [7, 11) is 0. The van der Waals surface area contributed by atoms with Crippen molar-refractivity contribution in [3.8, 4) is 5.75 Å². The van der Waals surface area contributed by atoms with E-state index in [4.69, 9.17) is 15.6 Å². The maximum atomic E-state index is 12.2. The summed E-state index contributed by atoms with van der Waals surface area (Å²) in [5, 5.41) is 8.50. The average Bonchev–Trinajstić information content (AvgIpc) is 2.28. The van der Waals surface area contributed by atoms with E-state index in [1.54, 1.807) is 0 Å². The molecule has 0 saturated heterocycles. The smallest absolute Gasteiger partial charge is 0.416 e. The molecule has 4 nitrogen and oxygen atoms in total. The highest BCUT2D eigenvalue weighted by atomic mass is 19.4. The molecule has 1 aromatic carbocycles. The zero-order valence-electron chi connectivity index (χ0n) is 9.28. The molecule has 7 heteroatoms. The first-order valence-corrected chi connectivity index (χ1v) is 5.09. The normalized spacial score (nSPS) is 13.1. The highest BCUT2D eigenvalue weighted by Gasteiger charge is 2.29. The topological polar surface area (TPSA) is 72.5 Å². The van der Waals surface area contributed by atoms with E-state index >= 15 is 0 Å². The quantitative estimate of drug-likeness (QED) is 0.850.